The SMILES string of the molecule is c1ccc(C(c2ccccc2)(c2ccccc2)c2ncc(-c3ccc[nH]3)[nH]2)cc1. The molecule has 0 spiro atoms. The van der Waals surface area contributed by atoms with E-state index in [-0.39, 0.29) is 0 Å². The summed E-state index contributed by atoms with van der Waals surface area (Å²) >= 11 is 0. The number of benzene rings is 3. The molecule has 0 atom stereocenters. The minimum Gasteiger partial charge on any atom is -0.360 e. The number of hydrogen-bond donors (Lipinski definition) is 2. The fourth-order valence-corrected chi connectivity index (χ4v) is 4.12. The lowest BCUT2D eigenvalue weighted by molar-refractivity contribution is 0.692. The van der Waals surface area contributed by atoms with Gasteiger partial charge in [-0.25, -0.2) is 4.98 Å². The van der Waals surface area contributed by atoms with Gasteiger partial charge >= 0.3 is 0 Å². The number of nitrogens with zero attached hydrogens (tertiary/aromatic N) is 1. The fourth-order valence-electron chi connectivity index (χ4n) is 4.12. The Morgan fingerprint density at radius 1 is 0.552 bits per heavy atom. The van der Waals surface area contributed by atoms with Gasteiger partial charge < -0.3 is 9.97 Å². The van der Waals surface area contributed by atoms with E-state index in [1.165, 1.54) is 16.7 Å². The summed E-state index contributed by atoms with van der Waals surface area (Å²) in [6.45, 7) is 0. The molecule has 140 valence electrons. The average Bonchev–Trinajstić information content (AvgIpc) is 3.49. The van der Waals surface area contributed by atoms with Gasteiger partial charge in [0.05, 0.1) is 17.6 Å². The van der Waals surface area contributed by atoms with Gasteiger partial charge in [0.2, 0.25) is 0 Å². The van der Waals surface area contributed by atoms with E-state index in [1.807, 2.05) is 24.5 Å². The Morgan fingerprint density at radius 2 is 1.07 bits per heavy atom. The van der Waals surface area contributed by atoms with Crippen molar-refractivity contribution in [2.75, 3.05) is 0 Å². The zero-order valence-electron chi connectivity index (χ0n) is 15.9. The number of hydrogen-bond acceptors (Lipinski definition) is 1. The van der Waals surface area contributed by atoms with E-state index in [2.05, 4.69) is 101 Å². The van der Waals surface area contributed by atoms with E-state index >= 15 is 0 Å². The molecule has 0 saturated heterocycles. The van der Waals surface area contributed by atoms with Gasteiger partial charge in [0.25, 0.3) is 0 Å². The average molecular weight is 375 g/mol. The fraction of sp³-hybridized carbons (Fsp3) is 0.0385. The van der Waals surface area contributed by atoms with E-state index in [0.717, 1.165) is 17.2 Å². The lowest BCUT2D eigenvalue weighted by atomic mass is 9.69. The van der Waals surface area contributed by atoms with Gasteiger partial charge in [-0.15, -0.1) is 0 Å². The van der Waals surface area contributed by atoms with Crippen LogP contribution in [-0.2, 0) is 5.41 Å². The molecule has 0 unspecified atom stereocenters. The van der Waals surface area contributed by atoms with Gasteiger partial charge in [-0.05, 0) is 28.8 Å². The lowest BCUT2D eigenvalue weighted by Gasteiger charge is -2.34. The van der Waals surface area contributed by atoms with E-state index in [4.69, 9.17) is 4.98 Å². The molecule has 5 aromatic rings. The normalized spacial score (nSPS) is 11.4. The summed E-state index contributed by atoms with van der Waals surface area (Å²) in [7, 11) is 0. The zero-order valence-corrected chi connectivity index (χ0v) is 15.9. The van der Waals surface area contributed by atoms with Crippen LogP contribution in [0.15, 0.2) is 116 Å². The maximum Gasteiger partial charge on any atom is 0.126 e. The molecular weight excluding hydrogens is 354 g/mol. The molecule has 3 nitrogen and oxygen atoms in total. The highest BCUT2D eigenvalue weighted by Crippen LogP contribution is 2.43. The first-order chi connectivity index (χ1) is 14.4. The van der Waals surface area contributed by atoms with Crippen molar-refractivity contribution in [3.63, 3.8) is 0 Å². The van der Waals surface area contributed by atoms with Gasteiger partial charge in [-0.1, -0.05) is 91.0 Å². The molecule has 0 bridgehead atoms. The third-order valence-electron chi connectivity index (χ3n) is 5.44. The van der Waals surface area contributed by atoms with Crippen molar-refractivity contribution in [3.05, 3.63) is 138 Å². The van der Waals surface area contributed by atoms with Crippen molar-refractivity contribution >= 4 is 0 Å². The molecule has 0 saturated carbocycles. The molecule has 0 fully saturated rings. The number of rotatable bonds is 5. The Hall–Kier alpha value is -3.85. The topological polar surface area (TPSA) is 44.5 Å². The second-order valence-corrected chi connectivity index (χ2v) is 7.08. The second kappa shape index (κ2) is 7.28. The third-order valence-corrected chi connectivity index (χ3v) is 5.44. The Balaban J connectivity index is 1.84. The van der Waals surface area contributed by atoms with Crippen LogP contribution >= 0.6 is 0 Å². The van der Waals surface area contributed by atoms with Crippen molar-refractivity contribution in [2.45, 2.75) is 5.41 Å². The lowest BCUT2D eigenvalue weighted by Crippen LogP contribution is -2.32. The van der Waals surface area contributed by atoms with Crippen LogP contribution in [0.5, 0.6) is 0 Å². The van der Waals surface area contributed by atoms with Crippen LogP contribution in [0, 0.1) is 0 Å². The molecule has 3 aromatic carbocycles. The summed E-state index contributed by atoms with van der Waals surface area (Å²) in [4.78, 5) is 11.8. The molecule has 0 aliphatic heterocycles. The highest BCUT2D eigenvalue weighted by Gasteiger charge is 2.40. The Bertz CT molecular complexity index is 1080. The van der Waals surface area contributed by atoms with Gasteiger partial charge in [0.15, 0.2) is 0 Å². The molecule has 0 aliphatic rings. The van der Waals surface area contributed by atoms with E-state index in [0.29, 0.717) is 0 Å². The van der Waals surface area contributed by atoms with Gasteiger partial charge in [0.1, 0.15) is 11.2 Å². The summed E-state index contributed by atoms with van der Waals surface area (Å²) < 4.78 is 0. The first kappa shape index (κ1) is 17.3. The third kappa shape index (κ3) is 2.88. The molecule has 3 heteroatoms. The van der Waals surface area contributed by atoms with Crippen molar-refractivity contribution in [3.8, 4) is 11.4 Å². The maximum atomic E-state index is 4.90. The van der Waals surface area contributed by atoms with Crippen LogP contribution in [0.3, 0.4) is 0 Å². The molecule has 2 aromatic heterocycles. The second-order valence-electron chi connectivity index (χ2n) is 7.08. The first-order valence-electron chi connectivity index (χ1n) is 9.75. The monoisotopic (exact) mass is 375 g/mol. The quantitative estimate of drug-likeness (QED) is 0.375. The Labute approximate surface area is 170 Å². The van der Waals surface area contributed by atoms with Crippen LogP contribution in [0.1, 0.15) is 22.5 Å². The maximum absolute atomic E-state index is 4.90. The highest BCUT2D eigenvalue weighted by atomic mass is 15.0. The summed E-state index contributed by atoms with van der Waals surface area (Å²) in [5.74, 6) is 0.894. The number of imidazole rings is 1. The van der Waals surface area contributed by atoms with E-state index in [9.17, 15) is 0 Å². The number of aromatic nitrogens is 3. The van der Waals surface area contributed by atoms with Crippen LogP contribution in [0.4, 0.5) is 0 Å². The molecule has 0 amide bonds. The predicted octanol–water partition coefficient (Wildman–Crippen LogP) is 5.79. The van der Waals surface area contributed by atoms with Crippen molar-refractivity contribution in [1.29, 1.82) is 0 Å². The minimum atomic E-state index is -0.547. The first-order valence-corrected chi connectivity index (χ1v) is 9.75. The predicted molar refractivity (Wildman–Crippen MR) is 117 cm³/mol. The molecule has 0 radical (unpaired) electrons. The number of H-pyrrole nitrogens is 2. The van der Waals surface area contributed by atoms with Crippen LogP contribution in [-0.4, -0.2) is 15.0 Å². The van der Waals surface area contributed by atoms with Crippen molar-refractivity contribution < 1.29 is 0 Å². The number of aromatic amines is 2. The molecule has 2 heterocycles. The van der Waals surface area contributed by atoms with Crippen molar-refractivity contribution in [1.82, 2.24) is 15.0 Å². The smallest absolute Gasteiger partial charge is 0.126 e. The number of nitrogens with one attached hydrogen (secondary N) is 2. The summed E-state index contributed by atoms with van der Waals surface area (Å²) in [6, 6.07) is 35.8. The van der Waals surface area contributed by atoms with E-state index in [1.54, 1.807) is 0 Å². The van der Waals surface area contributed by atoms with Crippen LogP contribution in [0.25, 0.3) is 11.4 Å². The zero-order chi connectivity index (χ0) is 19.5. The summed E-state index contributed by atoms with van der Waals surface area (Å²) in [6.07, 6.45) is 3.83. The summed E-state index contributed by atoms with van der Waals surface area (Å²) in [5.41, 5.74) is 4.96. The minimum absolute atomic E-state index is 0.547. The molecule has 5 rings (SSSR count). The van der Waals surface area contributed by atoms with E-state index < -0.39 is 5.41 Å². The highest BCUT2D eigenvalue weighted by molar-refractivity contribution is 5.60. The Morgan fingerprint density at radius 3 is 1.52 bits per heavy atom. The largest absolute Gasteiger partial charge is 0.360 e. The van der Waals surface area contributed by atoms with Gasteiger partial charge in [-0.3, -0.25) is 0 Å². The van der Waals surface area contributed by atoms with Gasteiger partial charge in [0, 0.05) is 6.20 Å². The standard InChI is InChI=1S/C26H21N3/c1-4-11-20(12-5-1)26(21-13-6-2-7-14-21,22-15-8-3-9-16-22)25-28-19-24(29-25)23-17-10-18-27-23/h1-19,27H,(H,28,29). The van der Waals surface area contributed by atoms with Crippen LogP contribution < -0.4 is 0 Å². The summed E-state index contributed by atoms with van der Waals surface area (Å²) in [5, 5.41) is 0. The Kier molecular flexibility index (Phi) is 4.34. The van der Waals surface area contributed by atoms with Crippen LogP contribution in [0.2, 0.25) is 0 Å². The van der Waals surface area contributed by atoms with Gasteiger partial charge in [-0.2, -0.15) is 0 Å². The molecule has 29 heavy (non-hydrogen) atoms. The van der Waals surface area contributed by atoms with Crippen molar-refractivity contribution in [2.24, 2.45) is 0 Å². The molecule has 0 aliphatic carbocycles. The molecule has 2 N–H and O–H groups in total. The molecular formula is C26H21N3.